The van der Waals surface area contributed by atoms with E-state index in [0.717, 1.165) is 19.4 Å². The smallest absolute Gasteiger partial charge is 0.485 e. The average Bonchev–Trinajstić information content (AvgIpc) is 2.42. The number of halogens is 3. The number of aromatic nitrogens is 1. The van der Waals surface area contributed by atoms with Gasteiger partial charge in [0.1, 0.15) is 6.54 Å². The first-order chi connectivity index (χ1) is 10.1. The minimum Gasteiger partial charge on any atom is -0.741 e. The highest BCUT2D eigenvalue weighted by Gasteiger charge is 2.36. The Labute approximate surface area is 128 Å². The van der Waals surface area contributed by atoms with Crippen molar-refractivity contribution in [3.8, 4) is 0 Å². The largest absolute Gasteiger partial charge is 0.741 e. The van der Waals surface area contributed by atoms with Crippen LogP contribution in [0.4, 0.5) is 13.2 Å². The third kappa shape index (κ3) is 8.96. The lowest BCUT2D eigenvalue weighted by Gasteiger charge is -2.08. The van der Waals surface area contributed by atoms with Crippen LogP contribution in [0.1, 0.15) is 31.7 Å². The van der Waals surface area contributed by atoms with E-state index in [1.165, 1.54) is 18.4 Å². The molecule has 0 aliphatic heterocycles. The Morgan fingerprint density at radius 2 is 1.73 bits per heavy atom. The van der Waals surface area contributed by atoms with Crippen molar-refractivity contribution in [2.24, 2.45) is 0 Å². The minimum absolute atomic E-state index is 0.282. The summed E-state index contributed by atoms with van der Waals surface area (Å²) in [7, 11) is -6.09. The van der Waals surface area contributed by atoms with Crippen molar-refractivity contribution in [1.29, 1.82) is 0 Å². The average molecular weight is 343 g/mol. The second-order valence-corrected chi connectivity index (χ2v) is 5.90. The maximum absolute atomic E-state index is 10.7. The second-order valence-electron chi connectivity index (χ2n) is 4.52. The van der Waals surface area contributed by atoms with E-state index in [4.69, 9.17) is 18.1 Å². The van der Waals surface area contributed by atoms with Crippen LogP contribution in [-0.2, 0) is 23.1 Å². The third-order valence-corrected chi connectivity index (χ3v) is 3.20. The number of aliphatic hydroxyl groups excluding tert-OH is 1. The maximum atomic E-state index is 10.7. The number of unbranched alkanes of at least 4 members (excludes halogenated alkanes) is 1. The van der Waals surface area contributed by atoms with Crippen molar-refractivity contribution < 1.29 is 35.8 Å². The highest BCUT2D eigenvalue weighted by atomic mass is 32.2. The Hall–Kier alpha value is -1.19. The number of hydrogen-bond acceptors (Lipinski definition) is 4. The Balaban J connectivity index is 0.000000472. The molecule has 0 aliphatic carbocycles. The molecule has 0 aliphatic rings. The standard InChI is InChI=1S/C12H20NO.CHF3O3S/c1-2-3-8-13-9-6-12(7-10-13)5-4-11-14;2-1(3,4)8(5,6)7/h6-7,9-10,14H,2-5,8,11H2,1H3;(H,5,6,7)/q+1;/p-1. The molecule has 0 amide bonds. The predicted molar refractivity (Wildman–Crippen MR) is 72.7 cm³/mol. The van der Waals surface area contributed by atoms with Gasteiger partial charge in [-0.05, 0) is 18.4 Å². The first kappa shape index (κ1) is 20.8. The summed E-state index contributed by atoms with van der Waals surface area (Å²) in [6.07, 6.45) is 8.56. The van der Waals surface area contributed by atoms with Crippen LogP contribution in [0.25, 0.3) is 0 Å². The molecule has 22 heavy (non-hydrogen) atoms. The highest BCUT2D eigenvalue weighted by molar-refractivity contribution is 7.86. The fourth-order valence-corrected chi connectivity index (χ4v) is 1.43. The Bertz CT molecular complexity index is 488. The molecule has 0 unspecified atom stereocenters. The molecule has 0 aromatic carbocycles. The summed E-state index contributed by atoms with van der Waals surface area (Å²) in [5.74, 6) is 0. The van der Waals surface area contributed by atoms with Crippen LogP contribution in [0.2, 0.25) is 0 Å². The molecule has 1 aromatic heterocycles. The van der Waals surface area contributed by atoms with E-state index in [1.807, 2.05) is 0 Å². The Morgan fingerprint density at radius 3 is 2.09 bits per heavy atom. The first-order valence-electron chi connectivity index (χ1n) is 6.72. The van der Waals surface area contributed by atoms with Crippen LogP contribution in [0.15, 0.2) is 24.5 Å². The SMILES string of the molecule is CCCC[n+]1ccc(CCCO)cc1.O=S(=O)([O-])C(F)(F)F. The normalized spacial score (nSPS) is 11.7. The number of rotatable bonds is 6. The van der Waals surface area contributed by atoms with E-state index in [0.29, 0.717) is 0 Å². The number of aryl methyl sites for hydroxylation is 2. The van der Waals surface area contributed by atoms with E-state index >= 15 is 0 Å². The van der Waals surface area contributed by atoms with Gasteiger partial charge in [0.15, 0.2) is 22.5 Å². The van der Waals surface area contributed by atoms with Gasteiger partial charge in [0.25, 0.3) is 0 Å². The van der Waals surface area contributed by atoms with Gasteiger partial charge in [-0.25, -0.2) is 13.0 Å². The monoisotopic (exact) mass is 343 g/mol. The molecular weight excluding hydrogens is 323 g/mol. The second kappa shape index (κ2) is 9.75. The van der Waals surface area contributed by atoms with Crippen molar-refractivity contribution in [1.82, 2.24) is 0 Å². The number of hydrogen-bond donors (Lipinski definition) is 1. The molecule has 0 atom stereocenters. The van der Waals surface area contributed by atoms with Gasteiger partial charge in [0.05, 0.1) is 0 Å². The molecule has 0 bridgehead atoms. The number of pyridine rings is 1. The summed E-state index contributed by atoms with van der Waals surface area (Å²) in [4.78, 5) is 0. The van der Waals surface area contributed by atoms with Crippen LogP contribution >= 0.6 is 0 Å². The van der Waals surface area contributed by atoms with Crippen molar-refractivity contribution in [3.63, 3.8) is 0 Å². The van der Waals surface area contributed by atoms with E-state index in [9.17, 15) is 13.2 Å². The van der Waals surface area contributed by atoms with Crippen molar-refractivity contribution in [3.05, 3.63) is 30.1 Å². The number of aliphatic hydroxyl groups is 1. The molecule has 0 radical (unpaired) electrons. The molecule has 0 fully saturated rings. The van der Waals surface area contributed by atoms with Gasteiger partial charge in [-0.2, -0.15) is 13.2 Å². The molecule has 5 nitrogen and oxygen atoms in total. The van der Waals surface area contributed by atoms with Gasteiger partial charge >= 0.3 is 5.51 Å². The zero-order valence-corrected chi connectivity index (χ0v) is 13.0. The van der Waals surface area contributed by atoms with Crippen LogP contribution in [0.5, 0.6) is 0 Å². The summed E-state index contributed by atoms with van der Waals surface area (Å²) < 4.78 is 61.1. The van der Waals surface area contributed by atoms with Gasteiger partial charge in [-0.1, -0.05) is 13.3 Å². The maximum Gasteiger partial charge on any atom is 0.485 e. The molecule has 128 valence electrons. The van der Waals surface area contributed by atoms with Crippen LogP contribution in [0.3, 0.4) is 0 Å². The van der Waals surface area contributed by atoms with Crippen molar-refractivity contribution >= 4 is 10.1 Å². The molecule has 1 N–H and O–H groups in total. The number of alkyl halides is 3. The first-order valence-corrected chi connectivity index (χ1v) is 8.13. The quantitative estimate of drug-likeness (QED) is 0.485. The summed E-state index contributed by atoms with van der Waals surface area (Å²) >= 11 is 0. The molecular formula is C13H20F3NO4S. The zero-order chi connectivity index (χ0) is 17.2. The molecule has 0 spiro atoms. The van der Waals surface area contributed by atoms with E-state index in [-0.39, 0.29) is 6.61 Å². The fraction of sp³-hybridized carbons (Fsp3) is 0.615. The van der Waals surface area contributed by atoms with Gasteiger partial charge in [-0.3, -0.25) is 0 Å². The van der Waals surface area contributed by atoms with Crippen molar-refractivity contribution in [2.75, 3.05) is 6.61 Å². The van der Waals surface area contributed by atoms with Crippen LogP contribution in [0, 0.1) is 0 Å². The third-order valence-electron chi connectivity index (χ3n) is 2.64. The Kier molecular flexibility index (Phi) is 9.22. The molecule has 1 heterocycles. The zero-order valence-electron chi connectivity index (χ0n) is 12.2. The van der Waals surface area contributed by atoms with Crippen LogP contribution < -0.4 is 4.57 Å². The summed E-state index contributed by atoms with van der Waals surface area (Å²) in [5.41, 5.74) is -4.33. The van der Waals surface area contributed by atoms with Crippen molar-refractivity contribution in [2.45, 2.75) is 44.7 Å². The summed E-state index contributed by atoms with van der Waals surface area (Å²) in [5, 5.41) is 8.69. The highest BCUT2D eigenvalue weighted by Crippen LogP contribution is 2.20. The van der Waals surface area contributed by atoms with Gasteiger partial charge in [-0.15, -0.1) is 0 Å². The number of nitrogens with zero attached hydrogens (tertiary/aromatic N) is 1. The Morgan fingerprint density at radius 1 is 1.23 bits per heavy atom. The molecule has 1 aromatic rings. The van der Waals surface area contributed by atoms with E-state index in [1.54, 1.807) is 0 Å². The summed E-state index contributed by atoms with van der Waals surface area (Å²) in [6.45, 7) is 3.59. The molecule has 1 rings (SSSR count). The lowest BCUT2D eigenvalue weighted by molar-refractivity contribution is -0.697. The van der Waals surface area contributed by atoms with Gasteiger partial charge < -0.3 is 9.66 Å². The molecule has 0 saturated heterocycles. The lowest BCUT2D eigenvalue weighted by Crippen LogP contribution is -2.32. The predicted octanol–water partition coefficient (Wildman–Crippen LogP) is 1.75. The lowest BCUT2D eigenvalue weighted by atomic mass is 10.1. The van der Waals surface area contributed by atoms with Crippen LogP contribution in [-0.4, -0.2) is 30.2 Å². The summed E-state index contributed by atoms with van der Waals surface area (Å²) in [6, 6.07) is 4.29. The topological polar surface area (TPSA) is 81.3 Å². The van der Waals surface area contributed by atoms with E-state index < -0.39 is 15.6 Å². The van der Waals surface area contributed by atoms with Gasteiger partial charge in [0, 0.05) is 25.2 Å². The minimum atomic E-state index is -6.09. The van der Waals surface area contributed by atoms with Gasteiger partial charge in [0.2, 0.25) is 0 Å². The fourth-order valence-electron chi connectivity index (χ4n) is 1.43. The van der Waals surface area contributed by atoms with E-state index in [2.05, 4.69) is 36.0 Å². The molecule has 9 heteroatoms. The molecule has 0 saturated carbocycles.